The van der Waals surface area contributed by atoms with E-state index in [1.807, 2.05) is 24.3 Å². The minimum Gasteiger partial charge on any atom is -0.508 e. The molecule has 0 radical (unpaired) electrons. The topological polar surface area (TPSA) is 107 Å². The lowest BCUT2D eigenvalue weighted by molar-refractivity contribution is -0.0139. The van der Waals surface area contributed by atoms with E-state index in [2.05, 4.69) is 0 Å². The summed E-state index contributed by atoms with van der Waals surface area (Å²) < 4.78 is 28.9. The SMILES string of the molecule is COc1cc([C@@H]2Oc3cc4ccc5cc(O)ccc5c4c(OC)c3O[C@H]2CO)cc(OC)c1O. The van der Waals surface area contributed by atoms with Crippen LogP contribution in [-0.4, -0.2) is 49.4 Å². The van der Waals surface area contributed by atoms with Gasteiger partial charge in [-0.25, -0.2) is 0 Å². The Labute approximate surface area is 195 Å². The molecule has 1 aliphatic heterocycles. The number of ether oxygens (including phenoxy) is 5. The quantitative estimate of drug-likeness (QED) is 0.375. The van der Waals surface area contributed by atoms with E-state index in [0.717, 1.165) is 21.5 Å². The lowest BCUT2D eigenvalue weighted by Gasteiger charge is -2.34. The van der Waals surface area contributed by atoms with Crippen LogP contribution in [0.1, 0.15) is 11.7 Å². The minimum atomic E-state index is -0.767. The van der Waals surface area contributed by atoms with Gasteiger partial charge in [0, 0.05) is 10.9 Å². The number of hydrogen-bond acceptors (Lipinski definition) is 8. The number of aliphatic hydroxyl groups is 1. The van der Waals surface area contributed by atoms with Gasteiger partial charge in [0.15, 0.2) is 35.2 Å². The van der Waals surface area contributed by atoms with Crippen LogP contribution in [0.4, 0.5) is 0 Å². The molecule has 8 nitrogen and oxygen atoms in total. The molecule has 0 amide bonds. The number of methoxy groups -OCH3 is 3. The van der Waals surface area contributed by atoms with Crippen LogP contribution in [0.3, 0.4) is 0 Å². The fourth-order valence-electron chi connectivity index (χ4n) is 4.45. The van der Waals surface area contributed by atoms with Gasteiger partial charge in [-0.1, -0.05) is 12.1 Å². The zero-order valence-corrected chi connectivity index (χ0v) is 18.9. The number of hydrogen-bond donors (Lipinski definition) is 3. The third kappa shape index (κ3) is 3.34. The van der Waals surface area contributed by atoms with E-state index in [9.17, 15) is 15.3 Å². The Balaban J connectivity index is 1.68. The molecular formula is C26H24O8. The van der Waals surface area contributed by atoms with E-state index < -0.39 is 12.2 Å². The summed E-state index contributed by atoms with van der Waals surface area (Å²) in [4.78, 5) is 0. The van der Waals surface area contributed by atoms with Crippen molar-refractivity contribution in [2.45, 2.75) is 12.2 Å². The number of aromatic hydroxyl groups is 2. The summed E-state index contributed by atoms with van der Waals surface area (Å²) in [6.07, 6.45) is -1.47. The molecule has 0 spiro atoms. The molecule has 8 heteroatoms. The maximum Gasteiger partial charge on any atom is 0.204 e. The fourth-order valence-corrected chi connectivity index (χ4v) is 4.45. The van der Waals surface area contributed by atoms with Crippen LogP contribution in [0, 0.1) is 0 Å². The highest BCUT2D eigenvalue weighted by atomic mass is 16.6. The zero-order chi connectivity index (χ0) is 24.0. The van der Waals surface area contributed by atoms with Crippen molar-refractivity contribution in [1.82, 2.24) is 0 Å². The first-order chi connectivity index (χ1) is 16.5. The molecular weight excluding hydrogens is 440 g/mol. The van der Waals surface area contributed by atoms with E-state index >= 15 is 0 Å². The number of phenols is 2. The minimum absolute atomic E-state index is 0.128. The Bertz CT molecular complexity index is 1370. The van der Waals surface area contributed by atoms with Gasteiger partial charge in [0.25, 0.3) is 0 Å². The Kier molecular flexibility index (Phi) is 5.37. The molecule has 1 heterocycles. The van der Waals surface area contributed by atoms with Gasteiger partial charge in [0.2, 0.25) is 11.5 Å². The zero-order valence-electron chi connectivity index (χ0n) is 18.9. The van der Waals surface area contributed by atoms with Gasteiger partial charge in [0.1, 0.15) is 5.75 Å². The molecule has 0 saturated heterocycles. The summed E-state index contributed by atoms with van der Waals surface area (Å²) in [7, 11) is 4.43. The molecule has 0 aliphatic carbocycles. The molecule has 34 heavy (non-hydrogen) atoms. The first kappa shape index (κ1) is 21.8. The van der Waals surface area contributed by atoms with Crippen molar-refractivity contribution >= 4 is 21.5 Å². The molecule has 4 aromatic rings. The lowest BCUT2D eigenvalue weighted by atomic mass is 9.98. The molecule has 0 saturated carbocycles. The van der Waals surface area contributed by atoms with Crippen LogP contribution in [0.5, 0.6) is 40.2 Å². The molecule has 1 aliphatic rings. The average molecular weight is 464 g/mol. The van der Waals surface area contributed by atoms with Crippen molar-refractivity contribution in [3.05, 3.63) is 54.1 Å². The smallest absolute Gasteiger partial charge is 0.204 e. The third-order valence-corrected chi connectivity index (χ3v) is 6.05. The van der Waals surface area contributed by atoms with E-state index in [4.69, 9.17) is 23.7 Å². The van der Waals surface area contributed by atoms with E-state index in [1.165, 1.54) is 14.2 Å². The molecule has 4 aromatic carbocycles. The van der Waals surface area contributed by atoms with Gasteiger partial charge in [-0.3, -0.25) is 0 Å². The van der Waals surface area contributed by atoms with Gasteiger partial charge in [-0.15, -0.1) is 0 Å². The summed E-state index contributed by atoms with van der Waals surface area (Å²) >= 11 is 0. The molecule has 5 rings (SSSR count). The first-order valence-electron chi connectivity index (χ1n) is 10.6. The second-order valence-corrected chi connectivity index (χ2v) is 7.96. The van der Waals surface area contributed by atoms with Crippen LogP contribution in [0.2, 0.25) is 0 Å². The van der Waals surface area contributed by atoms with Crippen LogP contribution in [0.15, 0.2) is 48.5 Å². The van der Waals surface area contributed by atoms with Crippen LogP contribution < -0.4 is 23.7 Å². The van der Waals surface area contributed by atoms with Crippen molar-refractivity contribution in [3.8, 4) is 40.2 Å². The van der Waals surface area contributed by atoms with Crippen LogP contribution in [0.25, 0.3) is 21.5 Å². The lowest BCUT2D eigenvalue weighted by Crippen LogP contribution is -2.36. The molecule has 3 N–H and O–H groups in total. The summed E-state index contributed by atoms with van der Waals surface area (Å²) in [6.45, 7) is -0.333. The molecule has 0 unspecified atom stereocenters. The second kappa shape index (κ2) is 8.39. The number of aliphatic hydroxyl groups excluding tert-OH is 1. The highest BCUT2D eigenvalue weighted by Crippen LogP contribution is 2.51. The summed E-state index contributed by atoms with van der Waals surface area (Å²) in [5.41, 5.74) is 0.601. The number of rotatable bonds is 5. The molecule has 176 valence electrons. The largest absolute Gasteiger partial charge is 0.508 e. The van der Waals surface area contributed by atoms with E-state index in [-0.39, 0.29) is 29.6 Å². The van der Waals surface area contributed by atoms with Crippen molar-refractivity contribution in [2.75, 3.05) is 27.9 Å². The number of phenolic OH excluding ortho intramolecular Hbond substituents is 2. The third-order valence-electron chi connectivity index (χ3n) is 6.05. The van der Waals surface area contributed by atoms with Gasteiger partial charge < -0.3 is 39.0 Å². The van der Waals surface area contributed by atoms with E-state index in [0.29, 0.717) is 22.8 Å². The van der Waals surface area contributed by atoms with Gasteiger partial charge >= 0.3 is 0 Å². The average Bonchev–Trinajstić information content (AvgIpc) is 2.86. The molecule has 0 aromatic heterocycles. The Morgan fingerprint density at radius 2 is 1.53 bits per heavy atom. The van der Waals surface area contributed by atoms with Crippen molar-refractivity contribution < 1.29 is 39.0 Å². The Hall–Kier alpha value is -4.04. The summed E-state index contributed by atoms with van der Waals surface area (Å²) in [6, 6.07) is 14.1. The maximum atomic E-state index is 10.3. The fraction of sp³-hybridized carbons (Fsp3) is 0.231. The molecule has 0 bridgehead atoms. The Morgan fingerprint density at radius 1 is 0.824 bits per heavy atom. The van der Waals surface area contributed by atoms with Gasteiger partial charge in [-0.05, 0) is 52.6 Å². The summed E-state index contributed by atoms with van der Waals surface area (Å²) in [5.74, 6) is 1.77. The predicted molar refractivity (Wildman–Crippen MR) is 126 cm³/mol. The second-order valence-electron chi connectivity index (χ2n) is 7.96. The maximum absolute atomic E-state index is 10.3. The Morgan fingerprint density at radius 3 is 2.18 bits per heavy atom. The highest BCUT2D eigenvalue weighted by Gasteiger charge is 2.36. The van der Waals surface area contributed by atoms with Gasteiger partial charge in [0.05, 0.1) is 27.9 Å². The number of benzene rings is 4. The normalized spacial score (nSPS) is 17.1. The molecule has 2 atom stereocenters. The molecule has 0 fully saturated rings. The van der Waals surface area contributed by atoms with Crippen molar-refractivity contribution in [3.63, 3.8) is 0 Å². The highest BCUT2D eigenvalue weighted by molar-refractivity contribution is 6.12. The summed E-state index contributed by atoms with van der Waals surface area (Å²) in [5, 5.41) is 33.7. The predicted octanol–water partition coefficient (Wildman–Crippen LogP) is 4.30. The number of fused-ring (bicyclic) bond motifs is 4. The van der Waals surface area contributed by atoms with Crippen LogP contribution >= 0.6 is 0 Å². The van der Waals surface area contributed by atoms with Crippen molar-refractivity contribution in [2.24, 2.45) is 0 Å². The van der Waals surface area contributed by atoms with E-state index in [1.54, 1.807) is 31.4 Å². The first-order valence-corrected chi connectivity index (χ1v) is 10.6. The van der Waals surface area contributed by atoms with Crippen molar-refractivity contribution in [1.29, 1.82) is 0 Å². The monoisotopic (exact) mass is 464 g/mol. The van der Waals surface area contributed by atoms with Gasteiger partial charge in [-0.2, -0.15) is 0 Å². The standard InChI is InChI=1S/C26H24O8/c1-30-18-10-15(11-19(31-2)23(18)29)24-21(12-27)34-25-20(33-24)9-14-5-4-13-8-16(28)6-7-17(13)22(14)26(25)32-3/h4-11,21,24,27-29H,12H2,1-3H3/t21-,24-/m0/s1. The van der Waals surface area contributed by atoms with Crippen LogP contribution in [-0.2, 0) is 0 Å².